The van der Waals surface area contributed by atoms with Crippen molar-refractivity contribution in [1.82, 2.24) is 4.57 Å². The van der Waals surface area contributed by atoms with E-state index in [-0.39, 0.29) is 0 Å². The quantitative estimate of drug-likeness (QED) is 0.876. The molecule has 0 bridgehead atoms. The van der Waals surface area contributed by atoms with Gasteiger partial charge in [0.15, 0.2) is 0 Å². The van der Waals surface area contributed by atoms with Gasteiger partial charge in [0.05, 0.1) is 5.56 Å². The molecular weight excluding hydrogens is 214 g/mol. The number of fused-ring (bicyclic) bond motifs is 1. The Bertz CT molecular complexity index is 540. The van der Waals surface area contributed by atoms with Crippen molar-refractivity contribution in [2.24, 2.45) is 5.92 Å². The normalized spacial score (nSPS) is 11.2. The van der Waals surface area contributed by atoms with Crippen molar-refractivity contribution in [2.75, 3.05) is 0 Å². The minimum Gasteiger partial charge on any atom is -0.478 e. The van der Waals surface area contributed by atoms with E-state index in [2.05, 4.69) is 18.4 Å². The molecule has 2 aromatic rings. The Kier molecular flexibility index (Phi) is 3.18. The summed E-state index contributed by atoms with van der Waals surface area (Å²) >= 11 is 0. The molecule has 0 amide bonds. The molecular formula is C14H17NO2. The van der Waals surface area contributed by atoms with Crippen molar-refractivity contribution in [1.29, 1.82) is 0 Å². The van der Waals surface area contributed by atoms with Crippen LogP contribution in [0.25, 0.3) is 10.9 Å². The van der Waals surface area contributed by atoms with Gasteiger partial charge in [-0.2, -0.15) is 0 Å². The van der Waals surface area contributed by atoms with E-state index < -0.39 is 5.97 Å². The summed E-state index contributed by atoms with van der Waals surface area (Å²) in [6, 6.07) is 7.25. The highest BCUT2D eigenvalue weighted by atomic mass is 16.4. The molecule has 2 rings (SSSR count). The molecule has 0 saturated carbocycles. The molecule has 1 aromatic carbocycles. The van der Waals surface area contributed by atoms with E-state index in [1.165, 1.54) is 0 Å². The standard InChI is InChI=1S/C14H17NO2/c1-10(2)5-7-15-8-6-11-9-12(14(16)17)3-4-13(11)15/h3-4,6,8-10H,5,7H2,1-2H3,(H,16,17). The van der Waals surface area contributed by atoms with E-state index in [1.54, 1.807) is 12.1 Å². The van der Waals surface area contributed by atoms with Gasteiger partial charge in [-0.3, -0.25) is 0 Å². The van der Waals surface area contributed by atoms with E-state index in [4.69, 9.17) is 5.11 Å². The van der Waals surface area contributed by atoms with Gasteiger partial charge in [0.1, 0.15) is 0 Å². The van der Waals surface area contributed by atoms with Gasteiger partial charge in [-0.15, -0.1) is 0 Å². The summed E-state index contributed by atoms with van der Waals surface area (Å²) in [5, 5.41) is 9.91. The van der Waals surface area contributed by atoms with Crippen molar-refractivity contribution in [2.45, 2.75) is 26.8 Å². The molecule has 0 radical (unpaired) electrons. The van der Waals surface area contributed by atoms with Crippen molar-refractivity contribution < 1.29 is 9.90 Å². The first-order chi connectivity index (χ1) is 8.08. The molecule has 90 valence electrons. The molecule has 0 saturated heterocycles. The second-order valence-electron chi connectivity index (χ2n) is 4.77. The van der Waals surface area contributed by atoms with Gasteiger partial charge < -0.3 is 9.67 Å². The van der Waals surface area contributed by atoms with Crippen LogP contribution in [0.3, 0.4) is 0 Å². The maximum absolute atomic E-state index is 10.9. The molecule has 0 aliphatic heterocycles. The lowest BCUT2D eigenvalue weighted by molar-refractivity contribution is 0.0697. The molecule has 0 spiro atoms. The minimum atomic E-state index is -0.873. The number of hydrogen-bond acceptors (Lipinski definition) is 1. The zero-order valence-corrected chi connectivity index (χ0v) is 10.2. The van der Waals surface area contributed by atoms with Crippen LogP contribution in [0, 0.1) is 5.92 Å². The first kappa shape index (κ1) is 11.7. The second-order valence-corrected chi connectivity index (χ2v) is 4.77. The summed E-state index contributed by atoms with van der Waals surface area (Å²) in [7, 11) is 0. The Hall–Kier alpha value is -1.77. The molecule has 17 heavy (non-hydrogen) atoms. The molecule has 0 aliphatic rings. The van der Waals surface area contributed by atoms with Gasteiger partial charge in [0.2, 0.25) is 0 Å². The molecule has 3 heteroatoms. The predicted octanol–water partition coefficient (Wildman–Crippen LogP) is 3.39. The van der Waals surface area contributed by atoms with E-state index in [0.717, 1.165) is 23.9 Å². The van der Waals surface area contributed by atoms with Gasteiger partial charge in [-0.25, -0.2) is 4.79 Å². The summed E-state index contributed by atoms with van der Waals surface area (Å²) < 4.78 is 2.18. The summed E-state index contributed by atoms with van der Waals surface area (Å²) in [6.07, 6.45) is 3.16. The Morgan fingerprint density at radius 1 is 1.35 bits per heavy atom. The highest BCUT2D eigenvalue weighted by Gasteiger charge is 2.06. The maximum Gasteiger partial charge on any atom is 0.335 e. The largest absolute Gasteiger partial charge is 0.478 e. The number of carbonyl (C=O) groups is 1. The van der Waals surface area contributed by atoms with E-state index >= 15 is 0 Å². The van der Waals surface area contributed by atoms with E-state index in [1.807, 2.05) is 18.3 Å². The van der Waals surface area contributed by atoms with Crippen LogP contribution in [0.15, 0.2) is 30.5 Å². The van der Waals surface area contributed by atoms with Crippen LogP contribution < -0.4 is 0 Å². The number of aryl methyl sites for hydroxylation is 1. The fraction of sp³-hybridized carbons (Fsp3) is 0.357. The number of benzene rings is 1. The monoisotopic (exact) mass is 231 g/mol. The molecule has 0 fully saturated rings. The first-order valence-corrected chi connectivity index (χ1v) is 5.90. The van der Waals surface area contributed by atoms with E-state index in [9.17, 15) is 4.79 Å². The van der Waals surface area contributed by atoms with Gasteiger partial charge in [-0.05, 0) is 36.6 Å². The summed E-state index contributed by atoms with van der Waals surface area (Å²) in [6.45, 7) is 5.38. The average molecular weight is 231 g/mol. The van der Waals surface area contributed by atoms with Crippen LogP contribution in [0.2, 0.25) is 0 Å². The minimum absolute atomic E-state index is 0.346. The third-order valence-electron chi connectivity index (χ3n) is 2.97. The molecule has 0 aliphatic carbocycles. The Labute approximate surface area is 101 Å². The van der Waals surface area contributed by atoms with Crippen molar-refractivity contribution in [3.05, 3.63) is 36.0 Å². The smallest absolute Gasteiger partial charge is 0.335 e. The Balaban J connectivity index is 2.31. The Morgan fingerprint density at radius 2 is 2.12 bits per heavy atom. The lowest BCUT2D eigenvalue weighted by Gasteiger charge is -2.07. The van der Waals surface area contributed by atoms with Gasteiger partial charge in [-0.1, -0.05) is 13.8 Å². The van der Waals surface area contributed by atoms with E-state index in [0.29, 0.717) is 11.5 Å². The number of aromatic nitrogens is 1. The first-order valence-electron chi connectivity index (χ1n) is 5.90. The highest BCUT2D eigenvalue weighted by molar-refractivity contribution is 5.93. The zero-order valence-electron chi connectivity index (χ0n) is 10.2. The highest BCUT2D eigenvalue weighted by Crippen LogP contribution is 2.19. The molecule has 1 N–H and O–H groups in total. The third-order valence-corrected chi connectivity index (χ3v) is 2.97. The fourth-order valence-electron chi connectivity index (χ4n) is 1.93. The summed E-state index contributed by atoms with van der Waals surface area (Å²) in [4.78, 5) is 10.9. The SMILES string of the molecule is CC(C)CCn1ccc2cc(C(=O)O)ccc21. The van der Waals surface area contributed by atoms with Crippen LogP contribution in [-0.2, 0) is 6.54 Å². The van der Waals surface area contributed by atoms with Crippen LogP contribution in [0.1, 0.15) is 30.6 Å². The maximum atomic E-state index is 10.9. The molecule has 3 nitrogen and oxygen atoms in total. The molecule has 0 atom stereocenters. The van der Waals surface area contributed by atoms with Crippen LogP contribution >= 0.6 is 0 Å². The molecule has 1 aromatic heterocycles. The number of carboxylic acids is 1. The van der Waals surface area contributed by atoms with Crippen LogP contribution in [-0.4, -0.2) is 15.6 Å². The molecule has 0 unspecified atom stereocenters. The second kappa shape index (κ2) is 4.62. The van der Waals surface area contributed by atoms with Crippen molar-refractivity contribution in [3.8, 4) is 0 Å². The van der Waals surface area contributed by atoms with Crippen LogP contribution in [0.5, 0.6) is 0 Å². The third kappa shape index (κ3) is 2.49. The summed E-state index contributed by atoms with van der Waals surface area (Å²) in [5.74, 6) is -0.201. The summed E-state index contributed by atoms with van der Waals surface area (Å²) in [5.41, 5.74) is 1.45. The number of hydrogen-bond donors (Lipinski definition) is 1. The topological polar surface area (TPSA) is 42.2 Å². The van der Waals surface area contributed by atoms with Crippen molar-refractivity contribution >= 4 is 16.9 Å². The van der Waals surface area contributed by atoms with Gasteiger partial charge >= 0.3 is 5.97 Å². The Morgan fingerprint density at radius 3 is 2.76 bits per heavy atom. The lowest BCUT2D eigenvalue weighted by Crippen LogP contribution is -2.00. The number of carboxylic acid groups (broad SMARTS) is 1. The van der Waals surface area contributed by atoms with Crippen molar-refractivity contribution in [3.63, 3.8) is 0 Å². The van der Waals surface area contributed by atoms with Gasteiger partial charge in [0.25, 0.3) is 0 Å². The fourth-order valence-corrected chi connectivity index (χ4v) is 1.93. The average Bonchev–Trinajstić information content (AvgIpc) is 2.68. The predicted molar refractivity (Wildman–Crippen MR) is 68.4 cm³/mol. The molecule has 1 heterocycles. The lowest BCUT2D eigenvalue weighted by atomic mass is 10.1. The number of nitrogens with zero attached hydrogens (tertiary/aromatic N) is 1. The number of rotatable bonds is 4. The number of aromatic carboxylic acids is 1. The van der Waals surface area contributed by atoms with Gasteiger partial charge in [0, 0.05) is 23.6 Å². The zero-order chi connectivity index (χ0) is 12.4. The van der Waals surface area contributed by atoms with Crippen LogP contribution in [0.4, 0.5) is 0 Å².